The highest BCUT2D eigenvalue weighted by Crippen LogP contribution is 2.47. The minimum absolute atomic E-state index is 0.255. The van der Waals surface area contributed by atoms with E-state index >= 15 is 0 Å². The fraction of sp³-hybridized carbons (Fsp3) is 0.529. The smallest absolute Gasteiger partial charge is 0.469 e. The largest absolute Gasteiger partial charge is 0.469 e. The molecule has 2 atom stereocenters. The van der Waals surface area contributed by atoms with Crippen molar-refractivity contribution in [2.45, 2.75) is 44.2 Å². The lowest BCUT2D eigenvalue weighted by atomic mass is 9.84. The van der Waals surface area contributed by atoms with Crippen LogP contribution in [0.4, 0.5) is 0 Å². The molecule has 0 bridgehead atoms. The molecule has 9 heteroatoms. The van der Waals surface area contributed by atoms with Crippen LogP contribution in [-0.2, 0) is 18.6 Å². The van der Waals surface area contributed by atoms with Crippen LogP contribution in [-0.4, -0.2) is 51.9 Å². The summed E-state index contributed by atoms with van der Waals surface area (Å²) in [5, 5.41) is 0. The number of hydrogen-bond acceptors (Lipinski definition) is 5. The maximum Gasteiger partial charge on any atom is 0.469 e. The van der Waals surface area contributed by atoms with Crippen LogP contribution in [0.5, 0.6) is 0 Å². The third-order valence-corrected chi connectivity index (χ3v) is 5.38. The lowest BCUT2D eigenvalue weighted by molar-refractivity contribution is -0.144. The molecule has 0 spiro atoms. The molecule has 0 aliphatic carbocycles. The second-order valence-corrected chi connectivity index (χ2v) is 7.44. The lowest BCUT2D eigenvalue weighted by Crippen LogP contribution is -2.56. The summed E-state index contributed by atoms with van der Waals surface area (Å²) in [7, 11) is -3.68. The fourth-order valence-corrected chi connectivity index (χ4v) is 4.20. The van der Waals surface area contributed by atoms with Crippen molar-refractivity contribution in [1.29, 1.82) is 0 Å². The van der Waals surface area contributed by atoms with Crippen LogP contribution in [0.15, 0.2) is 30.3 Å². The molecule has 0 saturated carbocycles. The van der Waals surface area contributed by atoms with E-state index in [0.717, 1.165) is 0 Å². The number of rotatable bonds is 7. The molecule has 1 aliphatic rings. The Bertz CT molecular complexity index is 690. The molecule has 1 amide bonds. The Balaban J connectivity index is 2.41. The van der Waals surface area contributed by atoms with Crippen molar-refractivity contribution in [1.82, 2.24) is 4.90 Å². The third-order valence-electron chi connectivity index (χ3n) is 4.85. The number of benzene rings is 1. The van der Waals surface area contributed by atoms with Crippen LogP contribution in [0.3, 0.4) is 0 Å². The molecule has 2 rings (SSSR count). The normalized spacial score (nSPS) is 21.5. The molecular formula is C17H24NO7P. The minimum atomic E-state index is -4.87. The van der Waals surface area contributed by atoms with Gasteiger partial charge >= 0.3 is 13.8 Å². The average Bonchev–Trinajstić information content (AvgIpc) is 3.05. The summed E-state index contributed by atoms with van der Waals surface area (Å²) in [5.74, 6) is -0.913. The van der Waals surface area contributed by atoms with E-state index in [-0.39, 0.29) is 12.3 Å². The van der Waals surface area contributed by atoms with Crippen molar-refractivity contribution in [3.05, 3.63) is 35.9 Å². The Hall–Kier alpha value is -1.73. The first-order valence-corrected chi connectivity index (χ1v) is 9.94. The molecule has 2 unspecified atom stereocenters. The number of methoxy groups -OCH3 is 1. The zero-order chi connectivity index (χ0) is 19.4. The predicted octanol–water partition coefficient (Wildman–Crippen LogP) is 2.11. The summed E-state index contributed by atoms with van der Waals surface area (Å²) in [6.45, 7) is 2.23. The predicted molar refractivity (Wildman–Crippen MR) is 93.3 cm³/mol. The molecule has 1 fully saturated rings. The van der Waals surface area contributed by atoms with E-state index in [0.29, 0.717) is 31.4 Å². The number of ether oxygens (including phenoxy) is 1. The lowest BCUT2D eigenvalue weighted by Gasteiger charge is -2.43. The topological polar surface area (TPSA) is 113 Å². The summed E-state index contributed by atoms with van der Waals surface area (Å²) in [6, 6.07) is 8.65. The van der Waals surface area contributed by atoms with Gasteiger partial charge in [0.05, 0.1) is 19.1 Å². The molecule has 26 heavy (non-hydrogen) atoms. The number of carbonyl (C=O) groups is 2. The second kappa shape index (κ2) is 8.31. The van der Waals surface area contributed by atoms with Crippen LogP contribution in [0, 0.1) is 0 Å². The van der Waals surface area contributed by atoms with Crippen LogP contribution in [0.2, 0.25) is 0 Å². The van der Waals surface area contributed by atoms with Crippen LogP contribution in [0.25, 0.3) is 0 Å². The van der Waals surface area contributed by atoms with Crippen molar-refractivity contribution in [3.8, 4) is 0 Å². The number of hydrogen-bond donors (Lipinski definition) is 2. The van der Waals surface area contributed by atoms with Gasteiger partial charge in [-0.2, -0.15) is 0 Å². The molecule has 2 N–H and O–H groups in total. The monoisotopic (exact) mass is 385 g/mol. The average molecular weight is 385 g/mol. The van der Waals surface area contributed by atoms with Gasteiger partial charge in [0.25, 0.3) is 5.91 Å². The van der Waals surface area contributed by atoms with Gasteiger partial charge in [-0.05, 0) is 31.4 Å². The first-order chi connectivity index (χ1) is 12.2. The molecule has 1 aromatic rings. The quantitative estimate of drug-likeness (QED) is 0.546. The summed E-state index contributed by atoms with van der Waals surface area (Å²) in [5.41, 5.74) is -0.525. The van der Waals surface area contributed by atoms with E-state index in [4.69, 9.17) is 4.52 Å². The molecule has 0 radical (unpaired) electrons. The van der Waals surface area contributed by atoms with Crippen molar-refractivity contribution in [2.75, 3.05) is 13.7 Å². The van der Waals surface area contributed by atoms with Gasteiger partial charge in [-0.3, -0.25) is 14.1 Å². The summed E-state index contributed by atoms with van der Waals surface area (Å²) < 4.78 is 21.1. The van der Waals surface area contributed by atoms with Gasteiger partial charge in [-0.15, -0.1) is 0 Å². The van der Waals surface area contributed by atoms with Crippen LogP contribution in [0.1, 0.15) is 43.0 Å². The highest BCUT2D eigenvalue weighted by Gasteiger charge is 2.51. The zero-order valence-corrected chi connectivity index (χ0v) is 15.7. The number of likely N-dealkylation sites (tertiary alicyclic amines) is 1. The summed E-state index contributed by atoms with van der Waals surface area (Å²) >= 11 is 0. The Morgan fingerprint density at radius 3 is 2.50 bits per heavy atom. The molecule has 1 aromatic carbocycles. The van der Waals surface area contributed by atoms with Crippen molar-refractivity contribution in [2.24, 2.45) is 0 Å². The maximum absolute atomic E-state index is 13.0. The van der Waals surface area contributed by atoms with E-state index in [1.54, 1.807) is 35.2 Å². The molecule has 1 saturated heterocycles. The Kier molecular flexibility index (Phi) is 6.58. The Labute approximate surface area is 152 Å². The number of amides is 1. The standard InChI is InChI=1S/C17H24NO7P/c1-3-17(14(12-15(19)24-2)25-26(21,22)23)10-7-11-18(17)16(20)13-8-5-4-6-9-13/h4-6,8-9,14H,3,7,10-12H2,1-2H3,(H2,21,22,23). The third kappa shape index (κ3) is 4.51. The van der Waals surface area contributed by atoms with Gasteiger partial charge in [-0.1, -0.05) is 25.1 Å². The van der Waals surface area contributed by atoms with Gasteiger partial charge in [0.1, 0.15) is 6.10 Å². The van der Waals surface area contributed by atoms with Crippen molar-refractivity contribution >= 4 is 19.7 Å². The summed E-state index contributed by atoms with van der Waals surface area (Å²) in [6.07, 6.45) is -0.0180. The first kappa shape index (κ1) is 20.6. The molecule has 8 nitrogen and oxygen atoms in total. The van der Waals surface area contributed by atoms with E-state index in [1.807, 2.05) is 6.92 Å². The SMILES string of the molecule is CCC1(C(CC(=O)OC)OP(=O)(O)O)CCCN1C(=O)c1ccccc1. The number of esters is 1. The van der Waals surface area contributed by atoms with E-state index in [1.165, 1.54) is 7.11 Å². The number of phosphoric ester groups is 1. The molecule has 0 aromatic heterocycles. The highest BCUT2D eigenvalue weighted by molar-refractivity contribution is 7.46. The van der Waals surface area contributed by atoms with Crippen LogP contribution >= 0.6 is 7.82 Å². The van der Waals surface area contributed by atoms with E-state index < -0.39 is 25.4 Å². The maximum atomic E-state index is 13.0. The van der Waals surface area contributed by atoms with Crippen molar-refractivity contribution in [3.63, 3.8) is 0 Å². The van der Waals surface area contributed by atoms with Gasteiger partial charge in [0.2, 0.25) is 0 Å². The Morgan fingerprint density at radius 1 is 1.31 bits per heavy atom. The molecule has 144 valence electrons. The fourth-order valence-electron chi connectivity index (χ4n) is 3.60. The number of carbonyl (C=O) groups excluding carboxylic acids is 2. The van der Waals surface area contributed by atoms with Gasteiger partial charge in [0.15, 0.2) is 0 Å². The zero-order valence-electron chi connectivity index (χ0n) is 14.8. The van der Waals surface area contributed by atoms with Crippen molar-refractivity contribution < 1.29 is 33.2 Å². The van der Waals surface area contributed by atoms with Gasteiger partial charge in [-0.25, -0.2) is 4.57 Å². The molecular weight excluding hydrogens is 361 g/mol. The van der Waals surface area contributed by atoms with Crippen LogP contribution < -0.4 is 0 Å². The van der Waals surface area contributed by atoms with E-state index in [9.17, 15) is 23.9 Å². The second-order valence-electron chi connectivity index (χ2n) is 6.25. The molecule has 1 aliphatic heterocycles. The van der Waals surface area contributed by atoms with Gasteiger partial charge in [0, 0.05) is 12.1 Å². The minimum Gasteiger partial charge on any atom is -0.469 e. The Morgan fingerprint density at radius 2 is 1.96 bits per heavy atom. The summed E-state index contributed by atoms with van der Waals surface area (Å²) in [4.78, 5) is 45.0. The number of nitrogens with zero attached hydrogens (tertiary/aromatic N) is 1. The molecule has 1 heterocycles. The first-order valence-electron chi connectivity index (χ1n) is 8.41. The van der Waals surface area contributed by atoms with E-state index in [2.05, 4.69) is 4.74 Å². The van der Waals surface area contributed by atoms with Gasteiger partial charge < -0.3 is 19.4 Å². The number of phosphoric acid groups is 1. The highest BCUT2D eigenvalue weighted by atomic mass is 31.2.